The highest BCUT2D eigenvalue weighted by atomic mass is 32.1. The van der Waals surface area contributed by atoms with Crippen LogP contribution in [0.15, 0.2) is 58.3 Å². The van der Waals surface area contributed by atoms with Crippen LogP contribution in [0.3, 0.4) is 0 Å². The average Bonchev–Trinajstić information content (AvgIpc) is 3.09. The molecule has 4 rings (SSSR count). The van der Waals surface area contributed by atoms with Crippen LogP contribution in [0.1, 0.15) is 50.0 Å². The van der Waals surface area contributed by atoms with Gasteiger partial charge in [0.1, 0.15) is 0 Å². The van der Waals surface area contributed by atoms with Gasteiger partial charge in [-0.05, 0) is 48.3 Å². The van der Waals surface area contributed by atoms with E-state index in [0.29, 0.717) is 12.0 Å². The summed E-state index contributed by atoms with van der Waals surface area (Å²) < 4.78 is 0. The fourth-order valence-corrected chi connectivity index (χ4v) is 5.30. The predicted octanol–water partition coefficient (Wildman–Crippen LogP) is 5.85. The van der Waals surface area contributed by atoms with Gasteiger partial charge in [-0.3, -0.25) is 4.79 Å². The van der Waals surface area contributed by atoms with Gasteiger partial charge in [0.05, 0.1) is 17.6 Å². The third-order valence-electron chi connectivity index (χ3n) is 5.65. The highest BCUT2D eigenvalue weighted by Crippen LogP contribution is 2.48. The summed E-state index contributed by atoms with van der Waals surface area (Å²) in [5, 5.41) is 15.3. The number of dihydropyridines is 1. The molecule has 2 aromatic rings. The molecule has 0 radical (unpaired) electrons. The van der Waals surface area contributed by atoms with E-state index >= 15 is 0 Å². The number of nitrogens with zero attached hydrogens (tertiary/aromatic N) is 1. The molecule has 0 amide bonds. The standard InChI is InChI=1S/C24H24N2OS/c1-14-5-7-16(8-6-14)17-9-21(28-13-17)22-18(12-25)15(2)26-19-10-24(3,4)11-20(27)23(19)22/h5-9,13,22,26H,10-11H2,1-4H3/t22-/m0/s1. The number of rotatable bonds is 2. The zero-order chi connectivity index (χ0) is 20.1. The molecule has 0 bridgehead atoms. The van der Waals surface area contributed by atoms with Crippen molar-refractivity contribution in [1.29, 1.82) is 5.26 Å². The second kappa shape index (κ2) is 6.76. The second-order valence-electron chi connectivity index (χ2n) is 8.65. The molecule has 0 unspecified atom stereocenters. The Bertz CT molecular complexity index is 1060. The zero-order valence-corrected chi connectivity index (χ0v) is 17.5. The van der Waals surface area contributed by atoms with E-state index in [0.717, 1.165) is 39.4 Å². The Labute approximate surface area is 170 Å². The maximum Gasteiger partial charge on any atom is 0.162 e. The Morgan fingerprint density at radius 2 is 1.86 bits per heavy atom. The molecule has 1 aliphatic heterocycles. The van der Waals surface area contributed by atoms with Crippen molar-refractivity contribution in [3.63, 3.8) is 0 Å². The monoisotopic (exact) mass is 388 g/mol. The van der Waals surface area contributed by atoms with Crippen LogP contribution in [0, 0.1) is 23.7 Å². The summed E-state index contributed by atoms with van der Waals surface area (Å²) in [4.78, 5) is 14.1. The summed E-state index contributed by atoms with van der Waals surface area (Å²) in [7, 11) is 0. The van der Waals surface area contributed by atoms with E-state index in [1.165, 1.54) is 5.56 Å². The lowest BCUT2D eigenvalue weighted by Gasteiger charge is -2.38. The Balaban J connectivity index is 1.81. The van der Waals surface area contributed by atoms with Gasteiger partial charge < -0.3 is 5.32 Å². The number of carbonyl (C=O) groups excluding carboxylic acids is 1. The predicted molar refractivity (Wildman–Crippen MR) is 114 cm³/mol. The maximum absolute atomic E-state index is 13.1. The van der Waals surface area contributed by atoms with Gasteiger partial charge in [0.15, 0.2) is 5.78 Å². The molecule has 0 saturated heterocycles. The third-order valence-corrected chi connectivity index (χ3v) is 6.65. The molecule has 1 atom stereocenters. The second-order valence-corrected chi connectivity index (χ2v) is 9.59. The lowest BCUT2D eigenvalue weighted by atomic mass is 9.70. The molecule has 1 aliphatic carbocycles. The van der Waals surface area contributed by atoms with Crippen LogP contribution in [-0.4, -0.2) is 5.78 Å². The van der Waals surface area contributed by atoms with Crippen molar-refractivity contribution >= 4 is 17.1 Å². The van der Waals surface area contributed by atoms with Crippen molar-refractivity contribution in [2.75, 3.05) is 0 Å². The number of ketones is 1. The number of nitriles is 1. The number of Topliss-reactive ketones (excluding diaryl/α,β-unsaturated/α-hetero) is 1. The van der Waals surface area contributed by atoms with Crippen LogP contribution in [0.5, 0.6) is 0 Å². The summed E-state index contributed by atoms with van der Waals surface area (Å²) in [6.45, 7) is 8.28. The summed E-state index contributed by atoms with van der Waals surface area (Å²) >= 11 is 1.63. The number of thiophene rings is 1. The van der Waals surface area contributed by atoms with Gasteiger partial charge in [0.25, 0.3) is 0 Å². The van der Waals surface area contributed by atoms with Crippen molar-refractivity contribution in [2.24, 2.45) is 5.41 Å². The van der Waals surface area contributed by atoms with Gasteiger partial charge in [-0.1, -0.05) is 43.7 Å². The number of carbonyl (C=O) groups is 1. The van der Waals surface area contributed by atoms with E-state index in [4.69, 9.17) is 0 Å². The molecule has 142 valence electrons. The van der Waals surface area contributed by atoms with Crippen molar-refractivity contribution in [1.82, 2.24) is 5.32 Å². The fraction of sp³-hybridized carbons (Fsp3) is 0.333. The number of benzene rings is 1. The molecule has 1 N–H and O–H groups in total. The average molecular weight is 389 g/mol. The topological polar surface area (TPSA) is 52.9 Å². The Morgan fingerprint density at radius 3 is 2.54 bits per heavy atom. The van der Waals surface area contributed by atoms with E-state index in [2.05, 4.69) is 67.9 Å². The molecule has 2 heterocycles. The van der Waals surface area contributed by atoms with Crippen LogP contribution in [0.25, 0.3) is 11.1 Å². The van der Waals surface area contributed by atoms with Crippen molar-refractivity contribution in [3.05, 3.63) is 68.7 Å². The molecule has 0 saturated carbocycles. The number of hydrogen-bond donors (Lipinski definition) is 1. The Kier molecular flexibility index (Phi) is 4.51. The SMILES string of the molecule is CC1=C(C#N)[C@@H](c2cc(-c3ccc(C)cc3)cs2)C2=C(CC(C)(C)CC2=O)N1. The van der Waals surface area contributed by atoms with E-state index in [1.807, 2.05) is 6.92 Å². The first-order valence-electron chi connectivity index (χ1n) is 9.59. The number of hydrogen-bond acceptors (Lipinski definition) is 4. The lowest BCUT2D eigenvalue weighted by molar-refractivity contribution is -0.118. The zero-order valence-electron chi connectivity index (χ0n) is 16.7. The molecule has 3 nitrogen and oxygen atoms in total. The molecule has 1 aromatic carbocycles. The first kappa shape index (κ1) is 18.7. The fourth-order valence-electron chi connectivity index (χ4n) is 4.27. The first-order chi connectivity index (χ1) is 13.3. The van der Waals surface area contributed by atoms with Crippen LogP contribution in [0.2, 0.25) is 0 Å². The molecule has 4 heteroatoms. The van der Waals surface area contributed by atoms with E-state index < -0.39 is 0 Å². The highest BCUT2D eigenvalue weighted by molar-refractivity contribution is 7.10. The minimum atomic E-state index is -0.256. The third kappa shape index (κ3) is 3.21. The van der Waals surface area contributed by atoms with Crippen LogP contribution in [-0.2, 0) is 4.79 Å². The summed E-state index contributed by atoms with van der Waals surface area (Å²) in [6, 6.07) is 13.0. The minimum Gasteiger partial charge on any atom is -0.361 e. The molecule has 1 aromatic heterocycles. The van der Waals surface area contributed by atoms with E-state index in [9.17, 15) is 10.1 Å². The molecular formula is C24H24N2OS. The largest absolute Gasteiger partial charge is 0.361 e. The Hall–Kier alpha value is -2.64. The van der Waals surface area contributed by atoms with Crippen LogP contribution < -0.4 is 5.32 Å². The van der Waals surface area contributed by atoms with Gasteiger partial charge in [0.2, 0.25) is 0 Å². The highest BCUT2D eigenvalue weighted by Gasteiger charge is 2.41. The number of aryl methyl sites for hydroxylation is 1. The first-order valence-corrected chi connectivity index (χ1v) is 10.5. The molecule has 0 fully saturated rings. The van der Waals surface area contributed by atoms with Gasteiger partial charge in [-0.2, -0.15) is 5.26 Å². The smallest absolute Gasteiger partial charge is 0.162 e. The maximum atomic E-state index is 13.1. The Morgan fingerprint density at radius 1 is 1.14 bits per heavy atom. The van der Waals surface area contributed by atoms with Gasteiger partial charge in [0, 0.05) is 28.3 Å². The van der Waals surface area contributed by atoms with Crippen molar-refractivity contribution in [2.45, 2.75) is 46.5 Å². The van der Waals surface area contributed by atoms with Gasteiger partial charge >= 0.3 is 0 Å². The van der Waals surface area contributed by atoms with E-state index in [1.54, 1.807) is 11.3 Å². The van der Waals surface area contributed by atoms with Gasteiger partial charge in [-0.25, -0.2) is 0 Å². The molecule has 28 heavy (non-hydrogen) atoms. The van der Waals surface area contributed by atoms with E-state index in [-0.39, 0.29) is 17.1 Å². The van der Waals surface area contributed by atoms with Gasteiger partial charge in [-0.15, -0.1) is 11.3 Å². The number of nitrogens with one attached hydrogen (secondary N) is 1. The molecule has 0 spiro atoms. The summed E-state index contributed by atoms with van der Waals surface area (Å²) in [5.41, 5.74) is 6.78. The van der Waals surface area contributed by atoms with Crippen LogP contribution >= 0.6 is 11.3 Å². The normalized spacial score (nSPS) is 21.2. The summed E-state index contributed by atoms with van der Waals surface area (Å²) in [5.74, 6) is -0.0941. The lowest BCUT2D eigenvalue weighted by Crippen LogP contribution is -2.36. The number of allylic oxidation sites excluding steroid dienone is 4. The quantitative estimate of drug-likeness (QED) is 0.702. The molecule has 2 aliphatic rings. The van der Waals surface area contributed by atoms with Crippen LogP contribution in [0.4, 0.5) is 0 Å². The summed E-state index contributed by atoms with van der Waals surface area (Å²) in [6.07, 6.45) is 1.36. The van der Waals surface area contributed by atoms with Crippen molar-refractivity contribution in [3.8, 4) is 17.2 Å². The van der Waals surface area contributed by atoms with Crippen molar-refractivity contribution < 1.29 is 4.79 Å². The minimum absolute atomic E-state index is 0.0552. The molecular weight excluding hydrogens is 364 g/mol.